The van der Waals surface area contributed by atoms with Gasteiger partial charge in [0.05, 0.1) is 23.5 Å². The van der Waals surface area contributed by atoms with Gasteiger partial charge in [0.25, 0.3) is 0 Å². The minimum atomic E-state index is 0.0964. The van der Waals surface area contributed by atoms with Crippen molar-refractivity contribution in [2.75, 3.05) is 13.2 Å². The molecule has 2 rings (SSSR count). The summed E-state index contributed by atoms with van der Waals surface area (Å²) in [6.07, 6.45) is 1.94. The molecule has 0 aliphatic heterocycles. The molecule has 1 aromatic heterocycles. The summed E-state index contributed by atoms with van der Waals surface area (Å²) < 4.78 is 7.74. The number of benzene rings is 1. The van der Waals surface area contributed by atoms with Crippen LogP contribution in [0, 0.1) is 0 Å². The molecule has 0 bridgehead atoms. The van der Waals surface area contributed by atoms with Gasteiger partial charge in [-0.3, -0.25) is 0 Å². The zero-order valence-electron chi connectivity index (χ0n) is 12.4. The maximum atomic E-state index is 5.77. The predicted molar refractivity (Wildman–Crippen MR) is 81.1 cm³/mol. The summed E-state index contributed by atoms with van der Waals surface area (Å²) in [6, 6.07) is 12.4. The lowest BCUT2D eigenvalue weighted by Crippen LogP contribution is -2.33. The Balaban J connectivity index is 2.33. The molecular weight excluding hydrogens is 250 g/mol. The second-order valence-corrected chi connectivity index (χ2v) is 4.70. The zero-order valence-corrected chi connectivity index (χ0v) is 12.4. The summed E-state index contributed by atoms with van der Waals surface area (Å²) >= 11 is 0. The van der Waals surface area contributed by atoms with Crippen LogP contribution in [0.15, 0.2) is 42.6 Å². The Morgan fingerprint density at radius 1 is 1.20 bits per heavy atom. The van der Waals surface area contributed by atoms with Crippen molar-refractivity contribution < 1.29 is 4.74 Å². The first-order chi connectivity index (χ1) is 9.77. The number of ether oxygens (including phenoxy) is 1. The van der Waals surface area contributed by atoms with E-state index in [1.165, 1.54) is 0 Å². The molecule has 0 radical (unpaired) electrons. The summed E-state index contributed by atoms with van der Waals surface area (Å²) in [5.74, 6) is 0. The van der Waals surface area contributed by atoms with Crippen molar-refractivity contribution in [2.24, 2.45) is 0 Å². The summed E-state index contributed by atoms with van der Waals surface area (Å²) in [5, 5.41) is 7.95. The first-order valence-electron chi connectivity index (χ1n) is 7.22. The van der Waals surface area contributed by atoms with Gasteiger partial charge in [0, 0.05) is 12.8 Å². The van der Waals surface area contributed by atoms with E-state index < -0.39 is 0 Å². The molecule has 2 atom stereocenters. The topological polar surface area (TPSA) is 39.1 Å². The number of nitrogens with one attached hydrogen (secondary N) is 1. The highest BCUT2D eigenvalue weighted by atomic mass is 16.5. The number of para-hydroxylation sites is 1. The van der Waals surface area contributed by atoms with Crippen molar-refractivity contribution in [2.45, 2.75) is 32.9 Å². The van der Waals surface area contributed by atoms with Gasteiger partial charge in [-0.2, -0.15) is 5.10 Å². The number of likely N-dealkylation sites (N-methyl/N-ethyl adjacent to an activating group) is 1. The standard InChI is InChI=1S/C16H23N3O/c1-4-17-16(13(3)20-5-2)15-11-12-18-19(15)14-9-7-6-8-10-14/h6-13,16-17H,4-5H2,1-3H3. The predicted octanol–water partition coefficient (Wildman–Crippen LogP) is 2.95. The average molecular weight is 273 g/mol. The van der Waals surface area contributed by atoms with Gasteiger partial charge >= 0.3 is 0 Å². The van der Waals surface area contributed by atoms with Crippen LogP contribution < -0.4 is 5.32 Å². The quantitative estimate of drug-likeness (QED) is 0.843. The average Bonchev–Trinajstić information content (AvgIpc) is 2.95. The summed E-state index contributed by atoms with van der Waals surface area (Å²) in [4.78, 5) is 0. The zero-order chi connectivity index (χ0) is 14.4. The molecule has 20 heavy (non-hydrogen) atoms. The van der Waals surface area contributed by atoms with Crippen LogP contribution >= 0.6 is 0 Å². The van der Waals surface area contributed by atoms with Crippen LogP contribution in [-0.4, -0.2) is 29.0 Å². The van der Waals surface area contributed by atoms with Crippen molar-refractivity contribution in [3.05, 3.63) is 48.3 Å². The Bertz CT molecular complexity index is 509. The molecule has 4 nitrogen and oxygen atoms in total. The number of hydrogen-bond donors (Lipinski definition) is 1. The Labute approximate surface area is 120 Å². The fraction of sp³-hybridized carbons (Fsp3) is 0.438. The fourth-order valence-corrected chi connectivity index (χ4v) is 2.42. The molecule has 2 aromatic rings. The second kappa shape index (κ2) is 7.22. The first-order valence-corrected chi connectivity index (χ1v) is 7.22. The van der Waals surface area contributed by atoms with Gasteiger partial charge in [0.1, 0.15) is 0 Å². The third kappa shape index (κ3) is 3.26. The molecule has 0 spiro atoms. The normalized spacial score (nSPS) is 14.2. The van der Waals surface area contributed by atoms with Crippen LogP contribution in [-0.2, 0) is 4.74 Å². The highest BCUT2D eigenvalue weighted by molar-refractivity contribution is 5.33. The molecule has 0 saturated heterocycles. The molecule has 2 unspecified atom stereocenters. The van der Waals surface area contributed by atoms with Crippen LogP contribution in [0.25, 0.3) is 5.69 Å². The van der Waals surface area contributed by atoms with Crippen LogP contribution in [0.5, 0.6) is 0 Å². The van der Waals surface area contributed by atoms with E-state index in [0.29, 0.717) is 6.61 Å². The largest absolute Gasteiger partial charge is 0.377 e. The van der Waals surface area contributed by atoms with Gasteiger partial charge < -0.3 is 10.1 Å². The van der Waals surface area contributed by atoms with Crippen LogP contribution in [0.3, 0.4) is 0 Å². The molecule has 0 aliphatic carbocycles. The molecule has 4 heteroatoms. The minimum Gasteiger partial charge on any atom is -0.377 e. The monoisotopic (exact) mass is 273 g/mol. The van der Waals surface area contributed by atoms with Gasteiger partial charge in [-0.25, -0.2) is 4.68 Å². The molecule has 108 valence electrons. The molecule has 1 heterocycles. The molecule has 0 amide bonds. The van der Waals surface area contributed by atoms with Crippen molar-refractivity contribution in [3.63, 3.8) is 0 Å². The van der Waals surface area contributed by atoms with Gasteiger partial charge in [0.15, 0.2) is 0 Å². The van der Waals surface area contributed by atoms with Crippen molar-refractivity contribution in [1.29, 1.82) is 0 Å². The lowest BCUT2D eigenvalue weighted by Gasteiger charge is -2.25. The second-order valence-electron chi connectivity index (χ2n) is 4.70. The van der Waals surface area contributed by atoms with E-state index in [1.54, 1.807) is 0 Å². The summed E-state index contributed by atoms with van der Waals surface area (Å²) in [7, 11) is 0. The van der Waals surface area contributed by atoms with Crippen molar-refractivity contribution in [3.8, 4) is 5.69 Å². The van der Waals surface area contributed by atoms with Crippen molar-refractivity contribution >= 4 is 0 Å². The SMILES string of the molecule is CCNC(c1ccnn1-c1ccccc1)C(C)OCC. The molecule has 0 aliphatic rings. The smallest absolute Gasteiger partial charge is 0.0760 e. The Kier molecular flexibility index (Phi) is 5.32. The van der Waals surface area contributed by atoms with Crippen molar-refractivity contribution in [1.82, 2.24) is 15.1 Å². The first kappa shape index (κ1) is 14.8. The van der Waals surface area contributed by atoms with E-state index >= 15 is 0 Å². The van der Waals surface area contributed by atoms with E-state index in [9.17, 15) is 0 Å². The van der Waals surface area contributed by atoms with E-state index in [-0.39, 0.29) is 12.1 Å². The fourth-order valence-electron chi connectivity index (χ4n) is 2.42. The third-order valence-electron chi connectivity index (χ3n) is 3.31. The number of nitrogens with zero attached hydrogens (tertiary/aromatic N) is 2. The minimum absolute atomic E-state index is 0.0964. The van der Waals surface area contributed by atoms with E-state index in [2.05, 4.69) is 42.5 Å². The maximum absolute atomic E-state index is 5.77. The highest BCUT2D eigenvalue weighted by Crippen LogP contribution is 2.22. The Morgan fingerprint density at radius 3 is 2.60 bits per heavy atom. The summed E-state index contributed by atoms with van der Waals surface area (Å²) in [5.41, 5.74) is 2.19. The lowest BCUT2D eigenvalue weighted by atomic mass is 10.1. The van der Waals surface area contributed by atoms with Crippen LogP contribution in [0.1, 0.15) is 32.5 Å². The van der Waals surface area contributed by atoms with Crippen LogP contribution in [0.4, 0.5) is 0 Å². The lowest BCUT2D eigenvalue weighted by molar-refractivity contribution is 0.0459. The van der Waals surface area contributed by atoms with E-state index in [4.69, 9.17) is 4.74 Å². The molecule has 0 fully saturated rings. The van der Waals surface area contributed by atoms with Gasteiger partial charge in [-0.1, -0.05) is 25.1 Å². The molecule has 1 aromatic carbocycles. The van der Waals surface area contributed by atoms with E-state index in [1.807, 2.05) is 36.0 Å². The molecule has 1 N–H and O–H groups in total. The van der Waals surface area contributed by atoms with Crippen LogP contribution in [0.2, 0.25) is 0 Å². The highest BCUT2D eigenvalue weighted by Gasteiger charge is 2.22. The molecule has 0 saturated carbocycles. The maximum Gasteiger partial charge on any atom is 0.0760 e. The number of hydrogen-bond acceptors (Lipinski definition) is 3. The molecular formula is C16H23N3O. The number of aromatic nitrogens is 2. The Hall–Kier alpha value is -1.65. The van der Waals surface area contributed by atoms with Gasteiger partial charge in [0.2, 0.25) is 0 Å². The third-order valence-corrected chi connectivity index (χ3v) is 3.31. The van der Waals surface area contributed by atoms with Gasteiger partial charge in [-0.05, 0) is 38.6 Å². The summed E-state index contributed by atoms with van der Waals surface area (Å²) in [6.45, 7) is 7.83. The number of rotatable bonds is 7. The van der Waals surface area contributed by atoms with Gasteiger partial charge in [-0.15, -0.1) is 0 Å². The van der Waals surface area contributed by atoms with E-state index in [0.717, 1.165) is 17.9 Å². The Morgan fingerprint density at radius 2 is 1.95 bits per heavy atom.